The van der Waals surface area contributed by atoms with Gasteiger partial charge in [-0.15, -0.1) is 0 Å². The summed E-state index contributed by atoms with van der Waals surface area (Å²) in [6, 6.07) is 8.05. The van der Waals surface area contributed by atoms with Crippen LogP contribution in [0.25, 0.3) is 10.9 Å². The molecule has 0 aliphatic carbocycles. The number of nitrogens with zero attached hydrogens (tertiary/aromatic N) is 1. The molecule has 0 amide bonds. The van der Waals surface area contributed by atoms with E-state index in [2.05, 4.69) is 43.1 Å². The van der Waals surface area contributed by atoms with Gasteiger partial charge in [0.25, 0.3) is 5.56 Å². The molecule has 142 valence electrons. The van der Waals surface area contributed by atoms with Crippen LogP contribution in [0.4, 0.5) is 0 Å². The average Bonchev–Trinajstić information content (AvgIpc) is 2.57. The number of fused-ring (bicyclic) bond motifs is 1. The molecule has 0 atom stereocenters. The molecule has 0 bridgehead atoms. The minimum Gasteiger partial charge on any atom is -0.362 e. The van der Waals surface area contributed by atoms with E-state index in [1.54, 1.807) is 0 Å². The van der Waals surface area contributed by atoms with Crippen LogP contribution in [0.1, 0.15) is 25.0 Å². The molecule has 2 aromatic rings. The van der Waals surface area contributed by atoms with Gasteiger partial charge in [0.2, 0.25) is 0 Å². The summed E-state index contributed by atoms with van der Waals surface area (Å²) in [6.45, 7) is 9.41. The molecule has 0 saturated carbocycles. The van der Waals surface area contributed by atoms with Crippen LogP contribution in [0.3, 0.4) is 0 Å². The van der Waals surface area contributed by atoms with Gasteiger partial charge in [0.05, 0.1) is 39.2 Å². The number of H-pyrrole nitrogens is 1. The van der Waals surface area contributed by atoms with Crippen LogP contribution in [0.2, 0.25) is 0 Å². The lowest BCUT2D eigenvalue weighted by Gasteiger charge is -2.26. The van der Waals surface area contributed by atoms with Crippen molar-refractivity contribution in [1.29, 1.82) is 0 Å². The predicted octanol–water partition coefficient (Wildman–Crippen LogP) is 1.31. The fourth-order valence-electron chi connectivity index (χ4n) is 2.77. The Hall–Kier alpha value is -1.92. The molecular formula is C20H31N4OS+. The number of aromatic nitrogens is 1. The van der Waals surface area contributed by atoms with Crippen molar-refractivity contribution in [2.75, 3.05) is 33.7 Å². The van der Waals surface area contributed by atoms with E-state index in [1.807, 2.05) is 31.2 Å². The summed E-state index contributed by atoms with van der Waals surface area (Å²) >= 11 is 5.60. The maximum Gasteiger partial charge on any atom is 0.253 e. The van der Waals surface area contributed by atoms with Crippen LogP contribution < -0.4 is 15.8 Å². The summed E-state index contributed by atoms with van der Waals surface area (Å²) in [5, 5.41) is 5.09. The van der Waals surface area contributed by atoms with E-state index in [1.165, 1.54) is 4.90 Å². The lowest BCUT2D eigenvalue weighted by Crippen LogP contribution is -3.06. The van der Waals surface area contributed by atoms with E-state index in [9.17, 15) is 4.79 Å². The predicted molar refractivity (Wildman–Crippen MR) is 113 cm³/mol. The molecule has 0 saturated heterocycles. The zero-order valence-corrected chi connectivity index (χ0v) is 17.3. The molecule has 5 nitrogen and oxygen atoms in total. The number of aryl methyl sites for hydroxylation is 1. The third-order valence-electron chi connectivity index (χ3n) is 4.36. The van der Waals surface area contributed by atoms with Gasteiger partial charge in [0.1, 0.15) is 0 Å². The Morgan fingerprint density at radius 1 is 1.35 bits per heavy atom. The lowest BCUT2D eigenvalue weighted by atomic mass is 10.1. The second-order valence-corrected chi connectivity index (χ2v) is 8.01. The van der Waals surface area contributed by atoms with E-state index in [0.29, 0.717) is 17.6 Å². The number of benzene rings is 1. The molecule has 0 unspecified atom stereocenters. The van der Waals surface area contributed by atoms with Crippen LogP contribution in [0.5, 0.6) is 0 Å². The fourth-order valence-corrected chi connectivity index (χ4v) is 3.01. The standard InChI is InChI=1S/C20H30N4OS/c1-14(2)12-21-20(26)24(10-9-23(4)5)13-17-11-16-8-6-7-15(3)18(16)22-19(17)25/h6-8,11,14H,9-10,12-13H2,1-5H3,(H,21,26)(H,22,25)/p+1. The third-order valence-corrected chi connectivity index (χ3v) is 4.76. The molecule has 3 N–H and O–H groups in total. The summed E-state index contributed by atoms with van der Waals surface area (Å²) in [7, 11) is 4.24. The summed E-state index contributed by atoms with van der Waals surface area (Å²) in [5.41, 5.74) is 2.69. The monoisotopic (exact) mass is 375 g/mol. The van der Waals surface area contributed by atoms with Crippen molar-refractivity contribution in [2.45, 2.75) is 27.3 Å². The molecule has 6 heteroatoms. The number of likely N-dealkylation sites (N-methyl/N-ethyl adjacent to an activating group) is 1. The van der Waals surface area contributed by atoms with Gasteiger partial charge in [0, 0.05) is 12.1 Å². The summed E-state index contributed by atoms with van der Waals surface area (Å²) in [4.78, 5) is 19.1. The Morgan fingerprint density at radius 3 is 2.73 bits per heavy atom. The number of quaternary nitrogens is 1. The van der Waals surface area contributed by atoms with Crippen molar-refractivity contribution < 1.29 is 4.90 Å². The number of thiocarbonyl (C=S) groups is 1. The fraction of sp³-hybridized carbons (Fsp3) is 0.500. The number of aromatic amines is 1. The van der Waals surface area contributed by atoms with Crippen molar-refractivity contribution in [3.05, 3.63) is 45.7 Å². The second kappa shape index (κ2) is 9.14. The average molecular weight is 376 g/mol. The van der Waals surface area contributed by atoms with Crippen LogP contribution in [-0.2, 0) is 6.54 Å². The molecule has 0 aliphatic heterocycles. The SMILES string of the molecule is Cc1cccc2cc(CN(CC[NH+](C)C)C(=S)NCC(C)C)c(=O)[nH]c12. The quantitative estimate of drug-likeness (QED) is 0.639. The second-order valence-electron chi connectivity index (χ2n) is 7.62. The van der Waals surface area contributed by atoms with Gasteiger partial charge in [-0.3, -0.25) is 4.79 Å². The molecule has 1 aromatic heterocycles. The summed E-state index contributed by atoms with van der Waals surface area (Å²) < 4.78 is 0. The van der Waals surface area contributed by atoms with Gasteiger partial charge in [-0.2, -0.15) is 0 Å². The minimum absolute atomic E-state index is 0.0411. The van der Waals surface area contributed by atoms with Crippen LogP contribution in [0, 0.1) is 12.8 Å². The topological polar surface area (TPSA) is 52.6 Å². The molecule has 0 aliphatic rings. The van der Waals surface area contributed by atoms with Crippen molar-refractivity contribution in [2.24, 2.45) is 5.92 Å². The highest BCUT2D eigenvalue weighted by Gasteiger charge is 2.15. The number of para-hydroxylation sites is 1. The Labute approximate surface area is 161 Å². The molecule has 2 rings (SSSR count). The number of rotatable bonds is 7. The van der Waals surface area contributed by atoms with E-state index in [-0.39, 0.29) is 5.56 Å². The van der Waals surface area contributed by atoms with Crippen LogP contribution in [-0.4, -0.2) is 48.7 Å². The Balaban J connectivity index is 2.26. The van der Waals surface area contributed by atoms with Crippen LogP contribution >= 0.6 is 12.2 Å². The highest BCUT2D eigenvalue weighted by molar-refractivity contribution is 7.80. The molecule has 0 fully saturated rings. The summed E-state index contributed by atoms with van der Waals surface area (Å²) in [5.74, 6) is 0.515. The van der Waals surface area contributed by atoms with Gasteiger partial charge < -0.3 is 20.1 Å². The van der Waals surface area contributed by atoms with Crippen molar-refractivity contribution in [1.82, 2.24) is 15.2 Å². The first-order valence-electron chi connectivity index (χ1n) is 9.21. The van der Waals surface area contributed by atoms with E-state index in [0.717, 1.165) is 41.7 Å². The first kappa shape index (κ1) is 20.4. The van der Waals surface area contributed by atoms with E-state index in [4.69, 9.17) is 12.2 Å². The number of pyridine rings is 1. The molecule has 0 spiro atoms. The normalized spacial score (nSPS) is 11.3. The number of hydrogen-bond acceptors (Lipinski definition) is 2. The molecule has 0 radical (unpaired) electrons. The van der Waals surface area contributed by atoms with E-state index >= 15 is 0 Å². The van der Waals surface area contributed by atoms with Gasteiger partial charge in [-0.25, -0.2) is 0 Å². The minimum atomic E-state index is -0.0411. The molecule has 26 heavy (non-hydrogen) atoms. The smallest absolute Gasteiger partial charge is 0.253 e. The van der Waals surface area contributed by atoms with Gasteiger partial charge in [0.15, 0.2) is 5.11 Å². The van der Waals surface area contributed by atoms with E-state index < -0.39 is 0 Å². The van der Waals surface area contributed by atoms with Gasteiger partial charge in [-0.05, 0) is 42.1 Å². The largest absolute Gasteiger partial charge is 0.362 e. The zero-order chi connectivity index (χ0) is 19.3. The van der Waals surface area contributed by atoms with Gasteiger partial charge in [-0.1, -0.05) is 32.0 Å². The Bertz CT molecular complexity index is 813. The number of nitrogens with one attached hydrogen (secondary N) is 3. The molecule has 1 aromatic carbocycles. The third kappa shape index (κ3) is 5.54. The van der Waals surface area contributed by atoms with Crippen molar-refractivity contribution in [3.8, 4) is 0 Å². The number of hydrogen-bond donors (Lipinski definition) is 3. The highest BCUT2D eigenvalue weighted by atomic mass is 32.1. The lowest BCUT2D eigenvalue weighted by molar-refractivity contribution is -0.857. The molecule has 1 heterocycles. The Morgan fingerprint density at radius 2 is 2.08 bits per heavy atom. The first-order chi connectivity index (χ1) is 12.3. The zero-order valence-electron chi connectivity index (χ0n) is 16.5. The van der Waals surface area contributed by atoms with Crippen LogP contribution in [0.15, 0.2) is 29.1 Å². The maximum atomic E-state index is 12.6. The maximum absolute atomic E-state index is 12.6. The highest BCUT2D eigenvalue weighted by Crippen LogP contribution is 2.15. The summed E-state index contributed by atoms with van der Waals surface area (Å²) in [6.07, 6.45) is 0. The van der Waals surface area contributed by atoms with Crippen molar-refractivity contribution in [3.63, 3.8) is 0 Å². The first-order valence-corrected chi connectivity index (χ1v) is 9.62. The Kier molecular flexibility index (Phi) is 7.17. The van der Waals surface area contributed by atoms with Crippen molar-refractivity contribution >= 4 is 28.2 Å². The molecular weight excluding hydrogens is 344 g/mol. The van der Waals surface area contributed by atoms with Gasteiger partial charge >= 0.3 is 0 Å².